The zero-order valence-corrected chi connectivity index (χ0v) is 27.2. The molecular formula is C31H38F3N7O5S. The fraction of sp³-hybridized carbons (Fsp3) is 0.548. The second-order valence-electron chi connectivity index (χ2n) is 13.7. The van der Waals surface area contributed by atoms with E-state index in [9.17, 15) is 31.5 Å². The number of ether oxygens (including phenoxy) is 1. The number of carbonyl (C=O) groups is 1. The third-order valence-electron chi connectivity index (χ3n) is 9.41. The summed E-state index contributed by atoms with van der Waals surface area (Å²) in [7, 11) is -4.32. The summed E-state index contributed by atoms with van der Waals surface area (Å²) in [6.45, 7) is 7.28. The number of hydrogen-bond acceptors (Lipinski definition) is 10. The molecule has 3 aromatic rings. The summed E-state index contributed by atoms with van der Waals surface area (Å²) in [5.41, 5.74) is -2.59. The van der Waals surface area contributed by atoms with Crippen molar-refractivity contribution in [1.29, 1.82) is 0 Å². The van der Waals surface area contributed by atoms with E-state index in [0.717, 1.165) is 19.3 Å². The average Bonchev–Trinajstić information content (AvgIpc) is 3.63. The summed E-state index contributed by atoms with van der Waals surface area (Å²) < 4.78 is 75.6. The molecule has 5 heterocycles. The van der Waals surface area contributed by atoms with Crippen molar-refractivity contribution in [1.82, 2.24) is 24.5 Å². The van der Waals surface area contributed by atoms with Crippen molar-refractivity contribution in [2.24, 2.45) is 10.8 Å². The Morgan fingerprint density at radius 3 is 2.57 bits per heavy atom. The van der Waals surface area contributed by atoms with E-state index in [-0.39, 0.29) is 53.6 Å². The first-order chi connectivity index (χ1) is 22.0. The number of amides is 1. The van der Waals surface area contributed by atoms with Crippen LogP contribution in [-0.4, -0.2) is 76.7 Å². The van der Waals surface area contributed by atoms with Gasteiger partial charge in [0.2, 0.25) is 5.88 Å². The molecule has 2 aliphatic heterocycles. The van der Waals surface area contributed by atoms with Crippen LogP contribution in [0.25, 0.3) is 5.82 Å². The molecule has 1 saturated carbocycles. The van der Waals surface area contributed by atoms with Crippen molar-refractivity contribution < 1.29 is 36.2 Å². The number of halogens is 3. The minimum atomic E-state index is -4.47. The molecule has 0 radical (unpaired) electrons. The number of aliphatic hydroxyl groups excluding tert-OH is 1. The number of aromatic nitrogens is 4. The van der Waals surface area contributed by atoms with Gasteiger partial charge in [-0.2, -0.15) is 21.6 Å². The zero-order valence-electron chi connectivity index (χ0n) is 26.3. The molecule has 16 heteroatoms. The van der Waals surface area contributed by atoms with Crippen LogP contribution in [0.2, 0.25) is 0 Å². The molecule has 3 aromatic heterocycles. The van der Waals surface area contributed by atoms with Gasteiger partial charge in [0.05, 0.1) is 23.7 Å². The van der Waals surface area contributed by atoms with Gasteiger partial charge in [0, 0.05) is 37.3 Å². The molecule has 1 amide bonds. The van der Waals surface area contributed by atoms with Crippen molar-refractivity contribution in [3.05, 3.63) is 48.2 Å². The van der Waals surface area contributed by atoms with Crippen LogP contribution in [0.5, 0.6) is 5.88 Å². The van der Waals surface area contributed by atoms with Gasteiger partial charge < -0.3 is 20.1 Å². The third kappa shape index (κ3) is 6.49. The van der Waals surface area contributed by atoms with E-state index < -0.39 is 39.2 Å². The van der Waals surface area contributed by atoms with Crippen LogP contribution in [0.3, 0.4) is 0 Å². The van der Waals surface area contributed by atoms with Crippen molar-refractivity contribution in [3.8, 4) is 11.7 Å². The molecule has 2 fully saturated rings. The Morgan fingerprint density at radius 1 is 1.09 bits per heavy atom. The van der Waals surface area contributed by atoms with Crippen molar-refractivity contribution >= 4 is 27.6 Å². The van der Waals surface area contributed by atoms with E-state index in [1.807, 2.05) is 4.90 Å². The lowest BCUT2D eigenvalue weighted by Gasteiger charge is -2.33. The molecule has 3 N–H and O–H groups in total. The fourth-order valence-electron chi connectivity index (χ4n) is 6.90. The quantitative estimate of drug-likeness (QED) is 0.341. The van der Waals surface area contributed by atoms with E-state index in [1.165, 1.54) is 28.9 Å². The lowest BCUT2D eigenvalue weighted by atomic mass is 9.80. The maximum Gasteiger partial charge on any atom is 0.396 e. The van der Waals surface area contributed by atoms with Crippen LogP contribution < -0.4 is 19.7 Å². The van der Waals surface area contributed by atoms with E-state index >= 15 is 0 Å². The standard InChI is InChI=1S/C31H38F3N7O5S/c1-28(2)18-29(3)12-5-15-35-22-6-4-7-25(36-22)47(44,45)39-27(43)20-8-9-23(37-26(20)40(28)19-29)41-16-10-24(38-41)46-17-11-21(42)30(13-14-30)31(32,33)34/h4,6-10,16,21,42H,5,11-15,17-19H2,1-3H3,(H,35,36)(H,39,43). The number of nitrogens with one attached hydrogen (secondary N) is 2. The van der Waals surface area contributed by atoms with Gasteiger partial charge in [0.15, 0.2) is 10.8 Å². The second-order valence-corrected chi connectivity index (χ2v) is 15.3. The minimum Gasteiger partial charge on any atom is -0.476 e. The van der Waals surface area contributed by atoms with Gasteiger partial charge in [-0.15, -0.1) is 5.10 Å². The van der Waals surface area contributed by atoms with Crippen LogP contribution >= 0.6 is 0 Å². The Hall–Kier alpha value is -3.92. The molecule has 6 rings (SSSR count). The third-order valence-corrected chi connectivity index (χ3v) is 10.6. The number of sulfonamides is 1. The highest BCUT2D eigenvalue weighted by Gasteiger charge is 2.66. The fourth-order valence-corrected chi connectivity index (χ4v) is 7.83. The Morgan fingerprint density at radius 2 is 1.85 bits per heavy atom. The first-order valence-electron chi connectivity index (χ1n) is 15.5. The number of fused-ring (bicyclic) bond motifs is 6. The number of nitrogens with zero attached hydrogens (tertiary/aromatic N) is 5. The molecule has 0 aromatic carbocycles. The van der Waals surface area contributed by atoms with Crippen LogP contribution in [0.1, 0.15) is 69.7 Å². The maximum absolute atomic E-state index is 13.6. The molecule has 1 saturated heterocycles. The highest BCUT2D eigenvalue weighted by atomic mass is 32.2. The second kappa shape index (κ2) is 11.6. The molecule has 1 aliphatic carbocycles. The molecule has 2 unspecified atom stereocenters. The lowest BCUT2D eigenvalue weighted by molar-refractivity contribution is -0.215. The monoisotopic (exact) mass is 677 g/mol. The normalized spacial score (nSPS) is 23.8. The molecule has 47 heavy (non-hydrogen) atoms. The van der Waals surface area contributed by atoms with E-state index in [4.69, 9.17) is 9.72 Å². The summed E-state index contributed by atoms with van der Waals surface area (Å²) >= 11 is 0. The van der Waals surface area contributed by atoms with Gasteiger partial charge in [-0.25, -0.2) is 19.4 Å². The predicted octanol–water partition coefficient (Wildman–Crippen LogP) is 4.45. The highest BCUT2D eigenvalue weighted by Crippen LogP contribution is 2.60. The number of anilines is 2. The molecule has 2 atom stereocenters. The van der Waals surface area contributed by atoms with Crippen LogP contribution in [0.4, 0.5) is 24.8 Å². The Kier molecular flexibility index (Phi) is 8.18. The SMILES string of the molecule is CC12CCCNc3cccc(n3)S(=O)(=O)NC(=O)c3ccc(-n4ccc(OCCC(O)C5(C(F)(F)F)CC5)n4)nc3N(C1)C(C)(C)C2. The summed E-state index contributed by atoms with van der Waals surface area (Å²) in [6, 6.07) is 9.07. The summed E-state index contributed by atoms with van der Waals surface area (Å²) in [5, 5.41) is 17.4. The van der Waals surface area contributed by atoms with E-state index in [1.54, 1.807) is 18.3 Å². The van der Waals surface area contributed by atoms with Crippen molar-refractivity contribution in [2.45, 2.75) is 82.1 Å². The van der Waals surface area contributed by atoms with Crippen molar-refractivity contribution in [3.63, 3.8) is 0 Å². The molecule has 4 bridgehead atoms. The van der Waals surface area contributed by atoms with Crippen LogP contribution in [0, 0.1) is 10.8 Å². The number of carbonyl (C=O) groups excluding carboxylic acids is 1. The molecular weight excluding hydrogens is 639 g/mol. The Balaban J connectivity index is 1.29. The summed E-state index contributed by atoms with van der Waals surface area (Å²) in [5.74, 6) is 0.236. The highest BCUT2D eigenvalue weighted by molar-refractivity contribution is 7.90. The number of hydrogen-bond donors (Lipinski definition) is 3. The van der Waals surface area contributed by atoms with Gasteiger partial charge in [-0.1, -0.05) is 13.0 Å². The smallest absolute Gasteiger partial charge is 0.396 e. The average molecular weight is 678 g/mol. The molecule has 254 valence electrons. The first-order valence-corrected chi connectivity index (χ1v) is 17.0. The minimum absolute atomic E-state index is 0.0510. The summed E-state index contributed by atoms with van der Waals surface area (Å²) in [4.78, 5) is 24.7. The summed E-state index contributed by atoms with van der Waals surface area (Å²) in [6.07, 6.45) is -2.44. The largest absolute Gasteiger partial charge is 0.476 e. The Labute approximate surface area is 270 Å². The Bertz CT molecular complexity index is 1780. The van der Waals surface area contributed by atoms with Gasteiger partial charge >= 0.3 is 6.18 Å². The lowest BCUT2D eigenvalue weighted by Crippen LogP contribution is -2.41. The van der Waals surface area contributed by atoms with Gasteiger partial charge in [0.1, 0.15) is 11.6 Å². The predicted molar refractivity (Wildman–Crippen MR) is 166 cm³/mol. The number of alkyl halides is 3. The van der Waals surface area contributed by atoms with Crippen LogP contribution in [-0.2, 0) is 10.0 Å². The van der Waals surface area contributed by atoms with E-state index in [2.05, 4.69) is 40.9 Å². The first kappa shape index (κ1) is 33.0. The van der Waals surface area contributed by atoms with Crippen LogP contribution in [0.15, 0.2) is 47.6 Å². The number of aliphatic hydroxyl groups is 1. The van der Waals surface area contributed by atoms with Gasteiger partial charge in [0.25, 0.3) is 15.9 Å². The van der Waals surface area contributed by atoms with Gasteiger partial charge in [-0.3, -0.25) is 4.79 Å². The number of pyridine rings is 2. The van der Waals surface area contributed by atoms with Crippen molar-refractivity contribution in [2.75, 3.05) is 29.9 Å². The van der Waals surface area contributed by atoms with E-state index in [0.29, 0.717) is 24.7 Å². The molecule has 3 aliphatic rings. The maximum atomic E-state index is 13.6. The van der Waals surface area contributed by atoms with Gasteiger partial charge in [-0.05, 0) is 75.6 Å². The number of rotatable bonds is 6. The zero-order chi connectivity index (χ0) is 33.8. The molecule has 12 nitrogen and oxygen atoms in total. The topological polar surface area (TPSA) is 152 Å². The molecule has 0 spiro atoms.